The van der Waals surface area contributed by atoms with Gasteiger partial charge >= 0.3 is 0 Å². The number of aryl methyl sites for hydroxylation is 2. The van der Waals surface area contributed by atoms with E-state index in [1.54, 1.807) is 30.5 Å². The van der Waals surface area contributed by atoms with Crippen LogP contribution in [0, 0.1) is 19.7 Å². The van der Waals surface area contributed by atoms with E-state index >= 15 is 0 Å². The Labute approximate surface area is 179 Å². The van der Waals surface area contributed by atoms with Gasteiger partial charge in [-0.1, -0.05) is 12.1 Å². The summed E-state index contributed by atoms with van der Waals surface area (Å²) in [6, 6.07) is 9.34. The third-order valence-electron chi connectivity index (χ3n) is 5.24. The molecule has 0 saturated carbocycles. The minimum atomic E-state index is -0.365. The first-order valence-corrected chi connectivity index (χ1v) is 10.0. The average Bonchev–Trinajstić information content (AvgIpc) is 3.16. The van der Waals surface area contributed by atoms with E-state index in [0.717, 1.165) is 11.3 Å². The van der Waals surface area contributed by atoms with Crippen molar-refractivity contribution in [2.45, 2.75) is 33.3 Å². The van der Waals surface area contributed by atoms with Crippen molar-refractivity contribution in [3.05, 3.63) is 76.5 Å². The Morgan fingerprint density at radius 2 is 1.87 bits per heavy atom. The number of aromatic nitrogens is 2. The average molecular weight is 419 g/mol. The molecule has 0 fully saturated rings. The van der Waals surface area contributed by atoms with Crippen molar-refractivity contribution in [3.63, 3.8) is 0 Å². The van der Waals surface area contributed by atoms with Gasteiger partial charge in [0, 0.05) is 34.9 Å². The maximum atomic E-state index is 14.3. The molecule has 1 N–H and O–H groups in total. The van der Waals surface area contributed by atoms with Crippen LogP contribution in [-0.4, -0.2) is 34.3 Å². The summed E-state index contributed by atoms with van der Waals surface area (Å²) in [5.41, 5.74) is 4.32. The molecular weight excluding hydrogens is 397 g/mol. The number of amides is 1. The lowest BCUT2D eigenvalue weighted by Gasteiger charge is -2.14. The highest BCUT2D eigenvalue weighted by atomic mass is 19.1. The summed E-state index contributed by atoms with van der Waals surface area (Å²) >= 11 is 0. The summed E-state index contributed by atoms with van der Waals surface area (Å²) in [5.74, 6) is -0.105. The Morgan fingerprint density at radius 3 is 2.58 bits per heavy atom. The van der Waals surface area contributed by atoms with Gasteiger partial charge in [0.15, 0.2) is 5.78 Å². The summed E-state index contributed by atoms with van der Waals surface area (Å²) in [6.07, 6.45) is 1.82. The van der Waals surface area contributed by atoms with Gasteiger partial charge < -0.3 is 10.1 Å². The summed E-state index contributed by atoms with van der Waals surface area (Å²) in [5, 5.41) is 2.85. The quantitative estimate of drug-likeness (QED) is 0.636. The van der Waals surface area contributed by atoms with E-state index in [0.29, 0.717) is 40.2 Å². The Bertz CT molecular complexity index is 1180. The number of benzene rings is 2. The molecule has 2 aromatic carbocycles. The molecule has 1 aliphatic heterocycles. The van der Waals surface area contributed by atoms with Crippen LogP contribution in [0.1, 0.15) is 44.6 Å². The predicted octanol–water partition coefficient (Wildman–Crippen LogP) is 3.84. The SMILES string of the molecule is CC(=O)c1ccc(C(=O)NC[C@H]2Cc3cc(F)cc(-c4nc(C)cnc4C)c3O2)cc1. The second kappa shape index (κ2) is 8.26. The molecule has 6 nitrogen and oxygen atoms in total. The zero-order valence-electron chi connectivity index (χ0n) is 17.5. The molecular formula is C24H22FN3O3. The van der Waals surface area contributed by atoms with E-state index in [-0.39, 0.29) is 30.2 Å². The molecule has 7 heteroatoms. The topological polar surface area (TPSA) is 81.2 Å². The molecule has 4 rings (SSSR count). The number of hydrogen-bond acceptors (Lipinski definition) is 5. The first-order chi connectivity index (χ1) is 14.8. The summed E-state index contributed by atoms with van der Waals surface area (Å²) < 4.78 is 20.4. The van der Waals surface area contributed by atoms with Crippen LogP contribution in [0.15, 0.2) is 42.6 Å². The smallest absolute Gasteiger partial charge is 0.251 e. The first kappa shape index (κ1) is 20.7. The van der Waals surface area contributed by atoms with E-state index in [1.807, 2.05) is 13.8 Å². The van der Waals surface area contributed by atoms with Gasteiger partial charge in [0.1, 0.15) is 17.7 Å². The number of fused-ring (bicyclic) bond motifs is 1. The molecule has 1 amide bonds. The fourth-order valence-electron chi connectivity index (χ4n) is 3.64. The molecule has 0 bridgehead atoms. The van der Waals surface area contributed by atoms with Crippen molar-refractivity contribution >= 4 is 11.7 Å². The van der Waals surface area contributed by atoms with Gasteiger partial charge in [-0.15, -0.1) is 0 Å². The number of rotatable bonds is 5. The highest BCUT2D eigenvalue weighted by molar-refractivity contribution is 5.97. The van der Waals surface area contributed by atoms with Crippen molar-refractivity contribution in [1.82, 2.24) is 15.3 Å². The molecule has 0 saturated heterocycles. The Morgan fingerprint density at radius 1 is 1.16 bits per heavy atom. The van der Waals surface area contributed by atoms with Crippen LogP contribution in [0.5, 0.6) is 5.75 Å². The highest BCUT2D eigenvalue weighted by Gasteiger charge is 2.28. The molecule has 1 aliphatic rings. The third kappa shape index (κ3) is 4.30. The number of hydrogen-bond donors (Lipinski definition) is 1. The Hall–Kier alpha value is -3.61. The van der Waals surface area contributed by atoms with E-state index in [9.17, 15) is 14.0 Å². The van der Waals surface area contributed by atoms with Gasteiger partial charge in [-0.25, -0.2) is 9.37 Å². The van der Waals surface area contributed by atoms with E-state index < -0.39 is 0 Å². The zero-order chi connectivity index (χ0) is 22.1. The standard InChI is InChI=1S/C24H22FN3O3/c1-13-11-26-14(2)22(28-13)21-10-19(25)8-18-9-20(31-23(18)21)12-27-24(30)17-6-4-16(5-7-17)15(3)29/h4-8,10-11,20H,9,12H2,1-3H3,(H,27,30)/t20-/m1/s1. The van der Waals surface area contributed by atoms with Crippen LogP contribution < -0.4 is 10.1 Å². The lowest BCUT2D eigenvalue weighted by molar-refractivity contribution is 0.0932. The van der Waals surface area contributed by atoms with E-state index in [4.69, 9.17) is 4.74 Å². The molecule has 0 unspecified atom stereocenters. The van der Waals surface area contributed by atoms with Gasteiger partial charge in [0.25, 0.3) is 5.91 Å². The highest BCUT2D eigenvalue weighted by Crippen LogP contribution is 2.39. The molecule has 158 valence electrons. The lowest BCUT2D eigenvalue weighted by Crippen LogP contribution is -2.34. The van der Waals surface area contributed by atoms with Crippen LogP contribution in [0.3, 0.4) is 0 Å². The largest absolute Gasteiger partial charge is 0.487 e. The normalized spacial score (nSPS) is 14.6. The molecule has 0 radical (unpaired) electrons. The van der Waals surface area contributed by atoms with Crippen molar-refractivity contribution in [2.75, 3.05) is 6.54 Å². The van der Waals surface area contributed by atoms with E-state index in [1.165, 1.54) is 19.1 Å². The van der Waals surface area contributed by atoms with Crippen LogP contribution in [-0.2, 0) is 6.42 Å². The number of ether oxygens (including phenoxy) is 1. The van der Waals surface area contributed by atoms with Gasteiger partial charge in [-0.2, -0.15) is 0 Å². The first-order valence-electron chi connectivity index (χ1n) is 10.0. The Balaban J connectivity index is 1.49. The van der Waals surface area contributed by atoms with Gasteiger partial charge in [-0.05, 0) is 45.0 Å². The van der Waals surface area contributed by atoms with Gasteiger partial charge in [0.05, 0.1) is 23.6 Å². The number of ketones is 1. The van der Waals surface area contributed by atoms with Crippen molar-refractivity contribution in [1.29, 1.82) is 0 Å². The van der Waals surface area contributed by atoms with Gasteiger partial charge in [0.2, 0.25) is 0 Å². The molecule has 1 aromatic heterocycles. The fourth-order valence-corrected chi connectivity index (χ4v) is 3.64. The maximum absolute atomic E-state index is 14.3. The number of Topliss-reactive ketones (excluding diaryl/α,β-unsaturated/α-hetero) is 1. The fraction of sp³-hybridized carbons (Fsp3) is 0.250. The summed E-state index contributed by atoms with van der Waals surface area (Å²) in [7, 11) is 0. The number of halogens is 1. The zero-order valence-corrected chi connectivity index (χ0v) is 17.5. The summed E-state index contributed by atoms with van der Waals surface area (Å²) in [4.78, 5) is 32.7. The molecule has 31 heavy (non-hydrogen) atoms. The minimum Gasteiger partial charge on any atom is -0.487 e. The lowest BCUT2D eigenvalue weighted by atomic mass is 10.0. The molecule has 0 aliphatic carbocycles. The number of nitrogens with zero attached hydrogens (tertiary/aromatic N) is 2. The summed E-state index contributed by atoms with van der Waals surface area (Å²) in [6.45, 7) is 5.40. The molecule has 0 spiro atoms. The van der Waals surface area contributed by atoms with Crippen LogP contribution >= 0.6 is 0 Å². The molecule has 3 aromatic rings. The van der Waals surface area contributed by atoms with E-state index in [2.05, 4.69) is 15.3 Å². The third-order valence-corrected chi connectivity index (χ3v) is 5.24. The maximum Gasteiger partial charge on any atom is 0.251 e. The molecule has 1 atom stereocenters. The minimum absolute atomic E-state index is 0.0550. The molecule has 2 heterocycles. The van der Waals surface area contributed by atoms with Crippen LogP contribution in [0.4, 0.5) is 4.39 Å². The second-order valence-electron chi connectivity index (χ2n) is 7.67. The van der Waals surface area contributed by atoms with Crippen LogP contribution in [0.25, 0.3) is 11.3 Å². The number of carbonyl (C=O) groups is 2. The Kier molecular flexibility index (Phi) is 5.50. The van der Waals surface area contributed by atoms with Gasteiger partial charge in [-0.3, -0.25) is 14.6 Å². The van der Waals surface area contributed by atoms with Crippen molar-refractivity contribution < 1.29 is 18.7 Å². The number of carbonyl (C=O) groups excluding carboxylic acids is 2. The second-order valence-corrected chi connectivity index (χ2v) is 7.67. The predicted molar refractivity (Wildman–Crippen MR) is 114 cm³/mol. The van der Waals surface area contributed by atoms with Crippen LogP contribution in [0.2, 0.25) is 0 Å². The van der Waals surface area contributed by atoms with Crippen molar-refractivity contribution in [2.24, 2.45) is 0 Å². The van der Waals surface area contributed by atoms with Crippen molar-refractivity contribution in [3.8, 4) is 17.0 Å². The number of nitrogens with one attached hydrogen (secondary N) is 1. The monoisotopic (exact) mass is 419 g/mol.